The summed E-state index contributed by atoms with van der Waals surface area (Å²) < 4.78 is 6.74. The fraction of sp³-hybridized carbons (Fsp3) is 0.727. The van der Waals surface area contributed by atoms with E-state index in [1.807, 2.05) is 14.0 Å². The minimum Gasteiger partial charge on any atom is -0.385 e. The first-order valence-corrected chi connectivity index (χ1v) is 5.79. The van der Waals surface area contributed by atoms with Crippen molar-refractivity contribution in [1.29, 1.82) is 0 Å². The predicted octanol–water partition coefficient (Wildman–Crippen LogP) is 1.85. The van der Waals surface area contributed by atoms with E-state index in [0.717, 1.165) is 42.5 Å². The van der Waals surface area contributed by atoms with E-state index >= 15 is 0 Å². The molecule has 0 aromatic carbocycles. The van der Waals surface area contributed by atoms with Crippen LogP contribution in [0.15, 0.2) is 0 Å². The summed E-state index contributed by atoms with van der Waals surface area (Å²) in [6.07, 6.45) is 1.03. The molecule has 16 heavy (non-hydrogen) atoms. The van der Waals surface area contributed by atoms with Crippen molar-refractivity contribution in [2.24, 2.45) is 7.05 Å². The highest BCUT2D eigenvalue weighted by Gasteiger charge is 2.12. The second-order valence-corrected chi connectivity index (χ2v) is 4.42. The van der Waals surface area contributed by atoms with Gasteiger partial charge in [0, 0.05) is 39.4 Å². The van der Waals surface area contributed by atoms with Crippen LogP contribution in [0.3, 0.4) is 0 Å². The second kappa shape index (κ2) is 6.23. The third kappa shape index (κ3) is 3.47. The Bertz CT molecular complexity index is 338. The van der Waals surface area contributed by atoms with Crippen LogP contribution in [0.1, 0.15) is 17.7 Å². The zero-order valence-corrected chi connectivity index (χ0v) is 11.2. The molecule has 0 unspecified atom stereocenters. The molecule has 5 heteroatoms. The lowest BCUT2D eigenvalue weighted by atomic mass is 10.2. The SMILES string of the molecule is COCCCN(C)Cc1c(C)nn(C)c1Cl. The molecule has 1 aromatic rings. The van der Waals surface area contributed by atoms with Gasteiger partial charge in [-0.15, -0.1) is 0 Å². The molecule has 1 aromatic heterocycles. The van der Waals surface area contributed by atoms with E-state index in [1.165, 1.54) is 0 Å². The molecule has 4 nitrogen and oxygen atoms in total. The highest BCUT2D eigenvalue weighted by atomic mass is 35.5. The van der Waals surface area contributed by atoms with E-state index in [-0.39, 0.29) is 0 Å². The van der Waals surface area contributed by atoms with Crippen LogP contribution in [-0.2, 0) is 18.3 Å². The van der Waals surface area contributed by atoms with Gasteiger partial charge in [-0.1, -0.05) is 11.6 Å². The maximum atomic E-state index is 6.17. The molecule has 0 amide bonds. The molecule has 0 aliphatic heterocycles. The first-order chi connectivity index (χ1) is 7.56. The van der Waals surface area contributed by atoms with Gasteiger partial charge in [0.1, 0.15) is 5.15 Å². The Morgan fingerprint density at radius 1 is 1.50 bits per heavy atom. The van der Waals surface area contributed by atoms with E-state index in [4.69, 9.17) is 16.3 Å². The van der Waals surface area contributed by atoms with Gasteiger partial charge in [0.2, 0.25) is 0 Å². The van der Waals surface area contributed by atoms with Gasteiger partial charge < -0.3 is 9.64 Å². The largest absolute Gasteiger partial charge is 0.385 e. The first kappa shape index (κ1) is 13.5. The molecule has 0 aliphatic rings. The summed E-state index contributed by atoms with van der Waals surface area (Å²) in [6, 6.07) is 0. The molecule has 0 aliphatic carbocycles. The average Bonchev–Trinajstić information content (AvgIpc) is 2.46. The number of aryl methyl sites for hydroxylation is 2. The highest BCUT2D eigenvalue weighted by molar-refractivity contribution is 6.30. The second-order valence-electron chi connectivity index (χ2n) is 4.06. The van der Waals surface area contributed by atoms with Crippen molar-refractivity contribution in [2.75, 3.05) is 27.3 Å². The molecule has 0 fully saturated rings. The maximum Gasteiger partial charge on any atom is 0.131 e. The van der Waals surface area contributed by atoms with Gasteiger partial charge in [-0.05, 0) is 20.4 Å². The van der Waals surface area contributed by atoms with Crippen molar-refractivity contribution < 1.29 is 4.74 Å². The molecule has 0 radical (unpaired) electrons. The van der Waals surface area contributed by atoms with Crippen LogP contribution in [0.25, 0.3) is 0 Å². The Morgan fingerprint density at radius 2 is 2.19 bits per heavy atom. The van der Waals surface area contributed by atoms with Crippen molar-refractivity contribution in [3.05, 3.63) is 16.4 Å². The standard InChI is InChI=1S/C11H20ClN3O/c1-9-10(11(12)15(3)13-9)8-14(2)6-5-7-16-4/h5-8H2,1-4H3. The number of nitrogens with zero attached hydrogens (tertiary/aromatic N) is 3. The molecule has 0 spiro atoms. The normalized spacial score (nSPS) is 11.4. The molecular weight excluding hydrogens is 226 g/mol. The zero-order chi connectivity index (χ0) is 12.1. The Balaban J connectivity index is 2.52. The third-order valence-electron chi connectivity index (χ3n) is 2.59. The molecular formula is C11H20ClN3O. The minimum absolute atomic E-state index is 0.732. The number of methoxy groups -OCH3 is 1. The van der Waals surface area contributed by atoms with Crippen LogP contribution >= 0.6 is 11.6 Å². The lowest BCUT2D eigenvalue weighted by Crippen LogP contribution is -2.20. The minimum atomic E-state index is 0.732. The number of halogens is 1. The van der Waals surface area contributed by atoms with E-state index in [1.54, 1.807) is 11.8 Å². The third-order valence-corrected chi connectivity index (χ3v) is 3.06. The zero-order valence-electron chi connectivity index (χ0n) is 10.5. The summed E-state index contributed by atoms with van der Waals surface area (Å²) in [7, 11) is 5.67. The van der Waals surface area contributed by atoms with Crippen molar-refractivity contribution in [3.8, 4) is 0 Å². The number of rotatable bonds is 6. The summed E-state index contributed by atoms with van der Waals surface area (Å²) in [5, 5.41) is 5.03. The van der Waals surface area contributed by atoms with Gasteiger partial charge >= 0.3 is 0 Å². The van der Waals surface area contributed by atoms with E-state index in [9.17, 15) is 0 Å². The topological polar surface area (TPSA) is 30.3 Å². The Kier molecular flexibility index (Phi) is 5.25. The van der Waals surface area contributed by atoms with E-state index in [0.29, 0.717) is 0 Å². The number of hydrogen-bond acceptors (Lipinski definition) is 3. The smallest absolute Gasteiger partial charge is 0.131 e. The van der Waals surface area contributed by atoms with E-state index in [2.05, 4.69) is 17.0 Å². The van der Waals surface area contributed by atoms with Crippen LogP contribution in [0.4, 0.5) is 0 Å². The summed E-state index contributed by atoms with van der Waals surface area (Å²) in [6.45, 7) is 4.62. The number of aromatic nitrogens is 2. The van der Waals surface area contributed by atoms with Gasteiger partial charge in [-0.3, -0.25) is 4.68 Å². The van der Waals surface area contributed by atoms with Crippen LogP contribution in [0, 0.1) is 6.92 Å². The molecule has 92 valence electrons. The monoisotopic (exact) mass is 245 g/mol. The van der Waals surface area contributed by atoms with Crippen LogP contribution in [0.2, 0.25) is 5.15 Å². The van der Waals surface area contributed by atoms with Gasteiger partial charge in [-0.25, -0.2) is 0 Å². The lowest BCUT2D eigenvalue weighted by molar-refractivity contribution is 0.178. The van der Waals surface area contributed by atoms with Gasteiger partial charge in [0.05, 0.1) is 5.69 Å². The number of ether oxygens (including phenoxy) is 1. The van der Waals surface area contributed by atoms with Crippen molar-refractivity contribution in [2.45, 2.75) is 19.9 Å². The summed E-state index contributed by atoms with van der Waals surface area (Å²) in [4.78, 5) is 2.23. The average molecular weight is 246 g/mol. The molecule has 0 N–H and O–H groups in total. The van der Waals surface area contributed by atoms with Crippen LogP contribution in [-0.4, -0.2) is 42.0 Å². The summed E-state index contributed by atoms with van der Waals surface area (Å²) in [5.41, 5.74) is 2.12. The molecule has 0 bridgehead atoms. The van der Waals surface area contributed by atoms with E-state index < -0.39 is 0 Å². The van der Waals surface area contributed by atoms with Crippen LogP contribution in [0.5, 0.6) is 0 Å². The summed E-state index contributed by atoms with van der Waals surface area (Å²) >= 11 is 6.17. The number of hydrogen-bond donors (Lipinski definition) is 0. The highest BCUT2D eigenvalue weighted by Crippen LogP contribution is 2.19. The predicted molar refractivity (Wildman–Crippen MR) is 65.8 cm³/mol. The van der Waals surface area contributed by atoms with Crippen molar-refractivity contribution in [1.82, 2.24) is 14.7 Å². The molecule has 1 rings (SSSR count). The van der Waals surface area contributed by atoms with Gasteiger partial charge in [-0.2, -0.15) is 5.10 Å². The fourth-order valence-corrected chi connectivity index (χ4v) is 1.92. The molecule has 0 saturated heterocycles. The van der Waals surface area contributed by atoms with Crippen molar-refractivity contribution >= 4 is 11.6 Å². The fourth-order valence-electron chi connectivity index (χ4n) is 1.68. The van der Waals surface area contributed by atoms with Gasteiger partial charge in [0.15, 0.2) is 0 Å². The molecule has 1 heterocycles. The first-order valence-electron chi connectivity index (χ1n) is 5.41. The molecule has 0 atom stereocenters. The quantitative estimate of drug-likeness (QED) is 0.717. The van der Waals surface area contributed by atoms with Crippen molar-refractivity contribution in [3.63, 3.8) is 0 Å². The van der Waals surface area contributed by atoms with Crippen LogP contribution < -0.4 is 0 Å². The summed E-state index contributed by atoms with van der Waals surface area (Å²) in [5.74, 6) is 0. The Labute approximate surface area is 102 Å². The Morgan fingerprint density at radius 3 is 2.69 bits per heavy atom. The van der Waals surface area contributed by atoms with Gasteiger partial charge in [0.25, 0.3) is 0 Å². The maximum absolute atomic E-state index is 6.17. The lowest BCUT2D eigenvalue weighted by Gasteiger charge is -2.16. The Hall–Kier alpha value is -0.580. The molecule has 0 saturated carbocycles.